The quantitative estimate of drug-likeness (QED) is 0.218. The molecule has 6 nitrogen and oxygen atoms in total. The van der Waals surface area contributed by atoms with Gasteiger partial charge in [-0.15, -0.1) is 0 Å². The maximum absolute atomic E-state index is 13.1. The van der Waals surface area contributed by atoms with Crippen molar-refractivity contribution < 1.29 is 44.8 Å². The Bertz CT molecular complexity index is 533. The Kier molecular flexibility index (Phi) is 8.79. The van der Waals surface area contributed by atoms with Crippen LogP contribution in [0.2, 0.25) is 0 Å². The normalized spacial score (nSPS) is 13.8. The molecular formula is C14H23F4O6S-. The molecule has 0 bridgehead atoms. The molecule has 0 heterocycles. The lowest BCUT2D eigenvalue weighted by atomic mass is 9.91. The van der Waals surface area contributed by atoms with Gasteiger partial charge in [0, 0.05) is 26.1 Å². The van der Waals surface area contributed by atoms with Crippen LogP contribution in [-0.4, -0.2) is 49.9 Å². The number of carbonyl (C=O) groups is 1. The van der Waals surface area contributed by atoms with Gasteiger partial charge in [0.05, 0.1) is 12.0 Å². The number of ether oxygens (including phenoxy) is 2. The minimum absolute atomic E-state index is 0.0433. The summed E-state index contributed by atoms with van der Waals surface area (Å²) in [4.78, 5) is 11.6. The second-order valence-electron chi connectivity index (χ2n) is 6.12. The van der Waals surface area contributed by atoms with Crippen LogP contribution in [0.25, 0.3) is 0 Å². The van der Waals surface area contributed by atoms with Crippen LogP contribution in [0, 0.1) is 5.41 Å². The first-order chi connectivity index (χ1) is 11.2. The second-order valence-corrected chi connectivity index (χ2v) is 7.54. The first kappa shape index (κ1) is 24.1. The molecule has 11 heteroatoms. The van der Waals surface area contributed by atoms with E-state index in [1.54, 1.807) is 13.8 Å². The zero-order valence-corrected chi connectivity index (χ0v) is 15.1. The van der Waals surface area contributed by atoms with E-state index in [1.165, 1.54) is 0 Å². The summed E-state index contributed by atoms with van der Waals surface area (Å²) in [6.45, 7) is 5.06. The first-order valence-electron chi connectivity index (χ1n) is 7.65. The van der Waals surface area contributed by atoms with Crippen LogP contribution in [0.4, 0.5) is 17.6 Å². The van der Waals surface area contributed by atoms with Gasteiger partial charge in [0.1, 0.15) is 0 Å². The number of halogens is 4. The summed E-state index contributed by atoms with van der Waals surface area (Å²) in [7, 11) is -6.46. The molecular weight excluding hydrogens is 372 g/mol. The average Bonchev–Trinajstić information content (AvgIpc) is 2.48. The molecule has 0 aliphatic carbocycles. The van der Waals surface area contributed by atoms with Gasteiger partial charge >= 0.3 is 17.1 Å². The Balaban J connectivity index is 4.00. The van der Waals surface area contributed by atoms with Gasteiger partial charge in [-0.05, 0) is 26.7 Å². The predicted octanol–water partition coefficient (Wildman–Crippen LogP) is 2.93. The molecule has 0 atom stereocenters. The SMILES string of the molecule is CCC(C)(C)C(=O)OCCCOCCCC(F)(F)C(F)(F)S(=O)(=O)[O-]. The first-order valence-corrected chi connectivity index (χ1v) is 9.06. The van der Waals surface area contributed by atoms with Crippen molar-refractivity contribution in [3.05, 3.63) is 0 Å². The van der Waals surface area contributed by atoms with Gasteiger partial charge in [0.15, 0.2) is 10.1 Å². The standard InChI is InChI=1S/C14H24F4O6S/c1-4-12(2,3)11(19)24-10-6-9-23-8-5-7-13(15,16)14(17,18)25(20,21)22/h4-10H2,1-3H3,(H,20,21,22)/p-1. The van der Waals surface area contributed by atoms with Gasteiger partial charge in [-0.3, -0.25) is 4.79 Å². The molecule has 0 aliphatic rings. The number of carbonyl (C=O) groups excluding carboxylic acids is 1. The highest BCUT2D eigenvalue weighted by Gasteiger charge is 2.60. The highest BCUT2D eigenvalue weighted by molar-refractivity contribution is 7.86. The van der Waals surface area contributed by atoms with Crippen LogP contribution in [0.3, 0.4) is 0 Å². The average molecular weight is 395 g/mol. The minimum Gasteiger partial charge on any atom is -0.743 e. The van der Waals surface area contributed by atoms with Crippen molar-refractivity contribution in [3.63, 3.8) is 0 Å². The Labute approximate surface area is 144 Å². The summed E-state index contributed by atoms with van der Waals surface area (Å²) in [5.41, 5.74) is -0.612. The molecule has 0 aromatic carbocycles. The number of rotatable bonds is 12. The summed E-state index contributed by atoms with van der Waals surface area (Å²) < 4.78 is 92.4. The van der Waals surface area contributed by atoms with Gasteiger partial charge < -0.3 is 14.0 Å². The van der Waals surface area contributed by atoms with Crippen LogP contribution < -0.4 is 0 Å². The van der Waals surface area contributed by atoms with E-state index in [4.69, 9.17) is 9.47 Å². The summed E-state index contributed by atoms with van der Waals surface area (Å²) in [5, 5.41) is -5.67. The van der Waals surface area contributed by atoms with Crippen molar-refractivity contribution in [2.24, 2.45) is 5.41 Å². The van der Waals surface area contributed by atoms with Gasteiger partial charge in [-0.25, -0.2) is 8.42 Å². The molecule has 0 aromatic heterocycles. The molecule has 0 radical (unpaired) electrons. The number of hydrogen-bond donors (Lipinski definition) is 0. The smallest absolute Gasteiger partial charge is 0.396 e. The topological polar surface area (TPSA) is 92.7 Å². The fourth-order valence-corrected chi connectivity index (χ4v) is 1.96. The molecule has 0 amide bonds. The number of esters is 1. The van der Waals surface area contributed by atoms with Gasteiger partial charge in [-0.1, -0.05) is 6.92 Å². The highest BCUT2D eigenvalue weighted by atomic mass is 32.2. The zero-order valence-electron chi connectivity index (χ0n) is 14.3. The Morgan fingerprint density at radius 1 is 1.04 bits per heavy atom. The van der Waals surface area contributed by atoms with Crippen LogP contribution in [0.1, 0.15) is 46.5 Å². The molecule has 0 rings (SSSR count). The van der Waals surface area contributed by atoms with E-state index < -0.39 is 39.6 Å². The van der Waals surface area contributed by atoms with Crippen LogP contribution in [0.5, 0.6) is 0 Å². The molecule has 0 fully saturated rings. The van der Waals surface area contributed by atoms with Crippen molar-refractivity contribution in [3.8, 4) is 0 Å². The van der Waals surface area contributed by atoms with Crippen molar-refractivity contribution in [1.29, 1.82) is 0 Å². The van der Waals surface area contributed by atoms with Crippen molar-refractivity contribution >= 4 is 16.1 Å². The molecule has 25 heavy (non-hydrogen) atoms. The van der Waals surface area contributed by atoms with Crippen LogP contribution in [0.15, 0.2) is 0 Å². The van der Waals surface area contributed by atoms with E-state index in [1.807, 2.05) is 6.92 Å². The maximum Gasteiger partial charge on any atom is 0.396 e. The maximum atomic E-state index is 13.1. The Morgan fingerprint density at radius 2 is 1.56 bits per heavy atom. The molecule has 0 saturated heterocycles. The van der Waals surface area contributed by atoms with Gasteiger partial charge in [0.2, 0.25) is 0 Å². The van der Waals surface area contributed by atoms with Gasteiger partial charge in [0.25, 0.3) is 0 Å². The summed E-state index contributed by atoms with van der Waals surface area (Å²) in [5.74, 6) is -5.35. The van der Waals surface area contributed by atoms with E-state index in [0.29, 0.717) is 6.42 Å². The lowest BCUT2D eigenvalue weighted by molar-refractivity contribution is -0.166. The zero-order chi connectivity index (χ0) is 19.9. The minimum atomic E-state index is -6.46. The largest absolute Gasteiger partial charge is 0.743 e. The molecule has 0 spiro atoms. The van der Waals surface area contributed by atoms with Crippen LogP contribution >= 0.6 is 0 Å². The summed E-state index contributed by atoms with van der Waals surface area (Å²) >= 11 is 0. The van der Waals surface area contributed by atoms with Gasteiger partial charge in [-0.2, -0.15) is 17.6 Å². The summed E-state index contributed by atoms with van der Waals surface area (Å²) in [6, 6.07) is 0. The van der Waals surface area contributed by atoms with E-state index in [-0.39, 0.29) is 32.2 Å². The third kappa shape index (κ3) is 7.06. The van der Waals surface area contributed by atoms with Crippen LogP contribution in [-0.2, 0) is 24.4 Å². The molecule has 0 aromatic rings. The Hall–Kier alpha value is -0.940. The fourth-order valence-electron chi connectivity index (χ4n) is 1.49. The van der Waals surface area contributed by atoms with E-state index in [9.17, 15) is 35.3 Å². The lowest BCUT2D eigenvalue weighted by Crippen LogP contribution is -2.46. The van der Waals surface area contributed by atoms with Crippen molar-refractivity contribution in [2.45, 2.75) is 57.6 Å². The monoisotopic (exact) mass is 395 g/mol. The molecule has 0 saturated carbocycles. The van der Waals surface area contributed by atoms with Crippen molar-refractivity contribution in [2.75, 3.05) is 19.8 Å². The lowest BCUT2D eigenvalue weighted by Gasteiger charge is -2.28. The summed E-state index contributed by atoms with van der Waals surface area (Å²) in [6.07, 6.45) is -1.20. The highest BCUT2D eigenvalue weighted by Crippen LogP contribution is 2.41. The number of alkyl halides is 4. The molecule has 0 aliphatic heterocycles. The van der Waals surface area contributed by atoms with E-state index in [2.05, 4.69) is 0 Å². The fraction of sp³-hybridized carbons (Fsp3) is 0.929. The Morgan fingerprint density at radius 3 is 2.04 bits per heavy atom. The van der Waals surface area contributed by atoms with E-state index in [0.717, 1.165) is 0 Å². The molecule has 0 N–H and O–H groups in total. The molecule has 0 unspecified atom stereocenters. The van der Waals surface area contributed by atoms with Crippen molar-refractivity contribution in [1.82, 2.24) is 0 Å². The second kappa shape index (κ2) is 9.13. The van der Waals surface area contributed by atoms with E-state index >= 15 is 0 Å². The third-order valence-electron chi connectivity index (χ3n) is 3.62. The predicted molar refractivity (Wildman–Crippen MR) is 79.3 cm³/mol. The number of hydrogen-bond acceptors (Lipinski definition) is 6. The molecule has 150 valence electrons. The third-order valence-corrected chi connectivity index (χ3v) is 4.55.